The number of aryl methyl sites for hydroxylation is 2. The van der Waals surface area contributed by atoms with E-state index in [1.165, 1.54) is 10.9 Å². The van der Waals surface area contributed by atoms with Crippen molar-refractivity contribution in [3.05, 3.63) is 40.1 Å². The molecule has 0 saturated carbocycles. The first-order valence-corrected chi connectivity index (χ1v) is 11.6. The Balaban J connectivity index is 2.55. The lowest BCUT2D eigenvalue weighted by Gasteiger charge is -2.17. The second-order valence-corrected chi connectivity index (χ2v) is 9.07. The van der Waals surface area contributed by atoms with Crippen molar-refractivity contribution in [2.45, 2.75) is 59.1 Å². The lowest BCUT2D eigenvalue weighted by Crippen LogP contribution is -2.27. The molecule has 2 aromatic rings. The minimum Gasteiger partial charge on any atom is -0.463 e. The number of ketones is 1. The largest absolute Gasteiger partial charge is 0.463 e. The third kappa shape index (κ3) is 4.56. The standard InChI is InChI=1S/C21H28N2O6S/c1-8-23-20(29-15(6)21(25)28-9-2)17(11-22-23)18(24)16-10-12(3)19(30(7,26)27)14(5)13(16)4/h10-11,15H,8-9H2,1-7H3. The van der Waals surface area contributed by atoms with Crippen LogP contribution in [0.4, 0.5) is 0 Å². The second-order valence-electron chi connectivity index (χ2n) is 7.11. The highest BCUT2D eigenvalue weighted by Crippen LogP contribution is 2.30. The van der Waals surface area contributed by atoms with E-state index in [1.54, 1.807) is 40.7 Å². The SMILES string of the molecule is CCOC(=O)C(C)Oc1c(C(=O)c2cc(C)c(S(C)(=O)=O)c(C)c2C)cnn1CC. The third-order valence-corrected chi connectivity index (χ3v) is 6.25. The van der Waals surface area contributed by atoms with E-state index in [-0.39, 0.29) is 28.7 Å². The Labute approximate surface area is 177 Å². The fourth-order valence-electron chi connectivity index (χ4n) is 3.36. The van der Waals surface area contributed by atoms with Crippen LogP contribution in [-0.4, -0.2) is 48.9 Å². The Bertz CT molecular complexity index is 1090. The van der Waals surface area contributed by atoms with Gasteiger partial charge in [-0.1, -0.05) is 0 Å². The Morgan fingerprint density at radius 1 is 1.13 bits per heavy atom. The summed E-state index contributed by atoms with van der Waals surface area (Å²) in [6.07, 6.45) is 1.63. The number of benzene rings is 1. The van der Waals surface area contributed by atoms with Crippen molar-refractivity contribution in [1.29, 1.82) is 0 Å². The molecule has 0 aliphatic carbocycles. The summed E-state index contributed by atoms with van der Waals surface area (Å²) in [6, 6.07) is 1.57. The van der Waals surface area contributed by atoms with Gasteiger partial charge in [-0.2, -0.15) is 5.10 Å². The molecule has 1 heterocycles. The summed E-state index contributed by atoms with van der Waals surface area (Å²) in [7, 11) is -3.44. The smallest absolute Gasteiger partial charge is 0.347 e. The molecule has 0 bridgehead atoms. The zero-order valence-electron chi connectivity index (χ0n) is 18.4. The van der Waals surface area contributed by atoms with E-state index < -0.39 is 21.9 Å². The van der Waals surface area contributed by atoms with Gasteiger partial charge in [-0.25, -0.2) is 17.9 Å². The Kier molecular flexibility index (Phi) is 7.07. The highest BCUT2D eigenvalue weighted by Gasteiger charge is 2.27. The van der Waals surface area contributed by atoms with Gasteiger partial charge in [0.15, 0.2) is 21.7 Å². The van der Waals surface area contributed by atoms with Crippen LogP contribution < -0.4 is 4.74 Å². The van der Waals surface area contributed by atoms with Crippen LogP contribution in [0.5, 0.6) is 5.88 Å². The molecule has 2 rings (SSSR count). The number of hydrogen-bond acceptors (Lipinski definition) is 7. The van der Waals surface area contributed by atoms with Crippen molar-refractivity contribution < 1.29 is 27.5 Å². The first-order valence-electron chi connectivity index (χ1n) is 9.68. The molecule has 0 spiro atoms. The van der Waals surface area contributed by atoms with Gasteiger partial charge in [-0.05, 0) is 64.3 Å². The second kappa shape index (κ2) is 8.99. The fourth-order valence-corrected chi connectivity index (χ4v) is 4.72. The molecule has 1 aromatic heterocycles. The van der Waals surface area contributed by atoms with Crippen molar-refractivity contribution in [2.75, 3.05) is 12.9 Å². The summed E-state index contributed by atoms with van der Waals surface area (Å²) in [5.74, 6) is -0.727. The molecule has 30 heavy (non-hydrogen) atoms. The van der Waals surface area contributed by atoms with Crippen LogP contribution in [0.1, 0.15) is 53.4 Å². The van der Waals surface area contributed by atoms with Gasteiger partial charge in [-0.3, -0.25) is 4.79 Å². The predicted octanol–water partition coefficient (Wildman–Crippen LogP) is 2.79. The number of aromatic nitrogens is 2. The van der Waals surface area contributed by atoms with Crippen LogP contribution in [0.15, 0.2) is 17.2 Å². The molecule has 1 aromatic carbocycles. The maximum absolute atomic E-state index is 13.4. The maximum atomic E-state index is 13.4. The maximum Gasteiger partial charge on any atom is 0.347 e. The molecular weight excluding hydrogens is 408 g/mol. The first-order chi connectivity index (χ1) is 13.9. The third-order valence-electron chi connectivity index (χ3n) is 4.88. The minimum atomic E-state index is -3.44. The van der Waals surface area contributed by atoms with Gasteiger partial charge in [0.2, 0.25) is 5.88 Å². The molecule has 0 fully saturated rings. The van der Waals surface area contributed by atoms with Crippen LogP contribution in [0.25, 0.3) is 0 Å². The van der Waals surface area contributed by atoms with Gasteiger partial charge in [-0.15, -0.1) is 0 Å². The molecule has 0 radical (unpaired) electrons. The molecule has 164 valence electrons. The van der Waals surface area contributed by atoms with E-state index >= 15 is 0 Å². The summed E-state index contributed by atoms with van der Waals surface area (Å²) >= 11 is 0. The van der Waals surface area contributed by atoms with Crippen LogP contribution in [0, 0.1) is 20.8 Å². The van der Waals surface area contributed by atoms with Gasteiger partial charge in [0.25, 0.3) is 0 Å². The number of carbonyl (C=O) groups is 2. The van der Waals surface area contributed by atoms with Crippen LogP contribution >= 0.6 is 0 Å². The number of ether oxygens (including phenoxy) is 2. The average molecular weight is 437 g/mol. The van der Waals surface area contributed by atoms with E-state index in [1.807, 2.05) is 6.92 Å². The lowest BCUT2D eigenvalue weighted by molar-refractivity contribution is -0.150. The monoisotopic (exact) mass is 436 g/mol. The lowest BCUT2D eigenvalue weighted by atomic mass is 9.95. The molecule has 0 aliphatic heterocycles. The van der Waals surface area contributed by atoms with E-state index in [2.05, 4.69) is 5.10 Å². The number of nitrogens with zero attached hydrogens (tertiary/aromatic N) is 2. The number of esters is 1. The molecular formula is C21H28N2O6S. The fraction of sp³-hybridized carbons (Fsp3) is 0.476. The molecule has 1 unspecified atom stereocenters. The molecule has 1 atom stereocenters. The molecule has 8 nitrogen and oxygen atoms in total. The first kappa shape index (κ1) is 23.6. The Morgan fingerprint density at radius 3 is 2.30 bits per heavy atom. The molecule has 9 heteroatoms. The molecule has 0 amide bonds. The highest BCUT2D eigenvalue weighted by atomic mass is 32.2. The van der Waals surface area contributed by atoms with Gasteiger partial charge >= 0.3 is 5.97 Å². The molecule has 0 aliphatic rings. The van der Waals surface area contributed by atoms with E-state index in [4.69, 9.17) is 9.47 Å². The number of hydrogen-bond donors (Lipinski definition) is 0. The normalized spacial score (nSPS) is 12.5. The van der Waals surface area contributed by atoms with Crippen LogP contribution in [-0.2, 0) is 25.9 Å². The number of rotatable bonds is 8. The van der Waals surface area contributed by atoms with Gasteiger partial charge < -0.3 is 9.47 Å². The van der Waals surface area contributed by atoms with Crippen molar-refractivity contribution >= 4 is 21.6 Å². The minimum absolute atomic E-state index is 0.171. The van der Waals surface area contributed by atoms with Crippen molar-refractivity contribution in [3.8, 4) is 5.88 Å². The summed E-state index contributed by atoms with van der Waals surface area (Å²) in [5, 5.41) is 4.19. The zero-order chi connectivity index (χ0) is 22.8. The van der Waals surface area contributed by atoms with E-state index in [9.17, 15) is 18.0 Å². The van der Waals surface area contributed by atoms with Crippen molar-refractivity contribution in [1.82, 2.24) is 9.78 Å². The van der Waals surface area contributed by atoms with Crippen molar-refractivity contribution in [3.63, 3.8) is 0 Å². The Hall–Kier alpha value is -2.68. The molecule has 0 saturated heterocycles. The predicted molar refractivity (Wildman–Crippen MR) is 112 cm³/mol. The summed E-state index contributed by atoms with van der Waals surface area (Å²) in [5.41, 5.74) is 2.16. The highest BCUT2D eigenvalue weighted by molar-refractivity contribution is 7.90. The van der Waals surface area contributed by atoms with Gasteiger partial charge in [0, 0.05) is 18.4 Å². The average Bonchev–Trinajstić information content (AvgIpc) is 3.05. The summed E-state index contributed by atoms with van der Waals surface area (Å²) in [4.78, 5) is 25.6. The van der Waals surface area contributed by atoms with Crippen molar-refractivity contribution in [2.24, 2.45) is 0 Å². The summed E-state index contributed by atoms with van der Waals surface area (Å²) < 4.78 is 36.5. The zero-order valence-corrected chi connectivity index (χ0v) is 19.2. The van der Waals surface area contributed by atoms with E-state index in [0.29, 0.717) is 28.8 Å². The summed E-state index contributed by atoms with van der Waals surface area (Å²) in [6.45, 7) is 10.8. The van der Waals surface area contributed by atoms with Crippen LogP contribution in [0.2, 0.25) is 0 Å². The van der Waals surface area contributed by atoms with Gasteiger partial charge in [0.05, 0.1) is 17.7 Å². The Morgan fingerprint density at radius 2 is 1.77 bits per heavy atom. The topological polar surface area (TPSA) is 105 Å². The van der Waals surface area contributed by atoms with Gasteiger partial charge in [0.1, 0.15) is 5.56 Å². The number of carbonyl (C=O) groups excluding carboxylic acids is 2. The quantitative estimate of drug-likeness (QED) is 0.463. The van der Waals surface area contributed by atoms with Crippen LogP contribution in [0.3, 0.4) is 0 Å². The number of sulfone groups is 1. The molecule has 0 N–H and O–H groups in total. The van der Waals surface area contributed by atoms with E-state index in [0.717, 1.165) is 6.26 Å².